The normalized spacial score (nSPS) is 11.6. The van der Waals surface area contributed by atoms with Crippen molar-refractivity contribution >= 4 is 23.0 Å². The van der Waals surface area contributed by atoms with Gasteiger partial charge < -0.3 is 15.4 Å². The molecule has 116 valence electrons. The van der Waals surface area contributed by atoms with Gasteiger partial charge in [0.1, 0.15) is 17.4 Å². The molecule has 0 aromatic heterocycles. The number of methoxy groups -OCH3 is 1. The minimum atomic E-state index is -0.693. The van der Waals surface area contributed by atoms with Crippen LogP contribution in [-0.2, 0) is 0 Å². The number of anilines is 1. The van der Waals surface area contributed by atoms with Crippen molar-refractivity contribution in [2.24, 2.45) is 0 Å². The van der Waals surface area contributed by atoms with Gasteiger partial charge in [0, 0.05) is 6.07 Å². The number of nitrogens with one attached hydrogen (secondary N) is 2. The fourth-order valence-corrected chi connectivity index (χ4v) is 2.21. The first-order valence-corrected chi connectivity index (χ1v) is 7.07. The average Bonchev–Trinajstić information content (AvgIpc) is 2.50. The van der Waals surface area contributed by atoms with E-state index in [0.717, 1.165) is 17.4 Å². The molecule has 0 aliphatic heterocycles. The van der Waals surface area contributed by atoms with Crippen LogP contribution in [0.2, 0.25) is 0 Å². The number of benzene rings is 2. The Morgan fingerprint density at radius 1 is 1.14 bits per heavy atom. The van der Waals surface area contributed by atoms with Crippen molar-refractivity contribution in [1.29, 1.82) is 0 Å². The Hall–Kier alpha value is -2.21. The summed E-state index contributed by atoms with van der Waals surface area (Å²) in [6.45, 7) is 1.93. The van der Waals surface area contributed by atoms with E-state index in [0.29, 0.717) is 0 Å². The molecule has 3 nitrogen and oxygen atoms in total. The number of rotatable bonds is 4. The Morgan fingerprint density at radius 2 is 1.82 bits per heavy atom. The van der Waals surface area contributed by atoms with Crippen LogP contribution in [0.25, 0.3) is 0 Å². The first-order valence-electron chi connectivity index (χ1n) is 6.66. The van der Waals surface area contributed by atoms with Crippen LogP contribution in [0, 0.1) is 11.6 Å². The lowest BCUT2D eigenvalue weighted by atomic mass is 10.1. The molecule has 22 heavy (non-hydrogen) atoms. The van der Waals surface area contributed by atoms with Crippen LogP contribution < -0.4 is 15.4 Å². The predicted molar refractivity (Wildman–Crippen MR) is 87.1 cm³/mol. The Balaban J connectivity index is 1.98. The highest BCUT2D eigenvalue weighted by atomic mass is 32.1. The zero-order chi connectivity index (χ0) is 16.1. The predicted octanol–water partition coefficient (Wildman–Crippen LogP) is 4.02. The van der Waals surface area contributed by atoms with Crippen LogP contribution in [0.4, 0.5) is 14.5 Å². The smallest absolute Gasteiger partial charge is 0.171 e. The van der Waals surface area contributed by atoms with E-state index in [9.17, 15) is 8.78 Å². The maximum atomic E-state index is 13.6. The molecule has 2 rings (SSSR count). The molecule has 0 bridgehead atoms. The number of thiocarbonyl (C=S) groups is 1. The highest BCUT2D eigenvalue weighted by Gasteiger charge is 2.09. The molecule has 0 fully saturated rings. The zero-order valence-electron chi connectivity index (χ0n) is 12.2. The number of hydrogen-bond acceptors (Lipinski definition) is 2. The highest BCUT2D eigenvalue weighted by Crippen LogP contribution is 2.18. The molecule has 0 amide bonds. The van der Waals surface area contributed by atoms with Gasteiger partial charge in [-0.05, 0) is 49.0 Å². The number of ether oxygens (including phenoxy) is 1. The summed E-state index contributed by atoms with van der Waals surface area (Å²) < 4.78 is 31.5. The van der Waals surface area contributed by atoms with E-state index in [4.69, 9.17) is 17.0 Å². The second kappa shape index (κ2) is 7.17. The van der Waals surface area contributed by atoms with Gasteiger partial charge in [-0.3, -0.25) is 0 Å². The molecule has 0 saturated carbocycles. The summed E-state index contributed by atoms with van der Waals surface area (Å²) >= 11 is 5.15. The standard InChI is InChI=1S/C16H16F2N2OS/c1-10(11-3-6-13(21-2)7-4-11)19-16(22)20-15-8-5-12(17)9-14(15)18/h3-10H,1-2H3,(H2,19,20,22). The topological polar surface area (TPSA) is 33.3 Å². The lowest BCUT2D eigenvalue weighted by molar-refractivity contribution is 0.414. The molecule has 2 N–H and O–H groups in total. The fourth-order valence-electron chi connectivity index (χ4n) is 1.92. The molecule has 1 unspecified atom stereocenters. The van der Waals surface area contributed by atoms with Gasteiger partial charge in [-0.25, -0.2) is 8.78 Å². The molecule has 6 heteroatoms. The van der Waals surface area contributed by atoms with Crippen LogP contribution in [0.3, 0.4) is 0 Å². The SMILES string of the molecule is COc1ccc(C(C)NC(=S)Nc2ccc(F)cc2F)cc1. The van der Waals surface area contributed by atoms with Gasteiger partial charge in [-0.2, -0.15) is 0 Å². The van der Waals surface area contributed by atoms with Gasteiger partial charge in [-0.15, -0.1) is 0 Å². The molecule has 0 aliphatic rings. The summed E-state index contributed by atoms with van der Waals surface area (Å²) in [5, 5.41) is 6.02. The fraction of sp³-hybridized carbons (Fsp3) is 0.188. The summed E-state index contributed by atoms with van der Waals surface area (Å²) in [5.41, 5.74) is 1.13. The Kier molecular flexibility index (Phi) is 5.27. The lowest BCUT2D eigenvalue weighted by Crippen LogP contribution is -2.31. The van der Waals surface area contributed by atoms with Crippen molar-refractivity contribution in [2.75, 3.05) is 12.4 Å². The maximum absolute atomic E-state index is 13.6. The zero-order valence-corrected chi connectivity index (χ0v) is 13.0. The van der Waals surface area contributed by atoms with E-state index in [1.54, 1.807) is 7.11 Å². The molecule has 2 aromatic carbocycles. The van der Waals surface area contributed by atoms with Gasteiger partial charge in [0.25, 0.3) is 0 Å². The first kappa shape index (κ1) is 16.2. The van der Waals surface area contributed by atoms with E-state index in [2.05, 4.69) is 10.6 Å². The third kappa shape index (κ3) is 4.14. The van der Waals surface area contributed by atoms with E-state index >= 15 is 0 Å². The quantitative estimate of drug-likeness (QED) is 0.833. The summed E-state index contributed by atoms with van der Waals surface area (Å²) in [5.74, 6) is -0.556. The summed E-state index contributed by atoms with van der Waals surface area (Å²) in [6, 6.07) is 10.7. The van der Waals surface area contributed by atoms with Crippen LogP contribution in [0.1, 0.15) is 18.5 Å². The molecule has 0 heterocycles. The van der Waals surface area contributed by atoms with E-state index in [1.165, 1.54) is 12.1 Å². The van der Waals surface area contributed by atoms with Crippen LogP contribution in [-0.4, -0.2) is 12.2 Å². The van der Waals surface area contributed by atoms with Gasteiger partial charge in [0.05, 0.1) is 18.8 Å². The molecule has 0 saturated heterocycles. The largest absolute Gasteiger partial charge is 0.497 e. The first-order chi connectivity index (χ1) is 10.5. The number of hydrogen-bond donors (Lipinski definition) is 2. The molecular formula is C16H16F2N2OS. The lowest BCUT2D eigenvalue weighted by Gasteiger charge is -2.18. The summed E-state index contributed by atoms with van der Waals surface area (Å²) in [7, 11) is 1.60. The minimum Gasteiger partial charge on any atom is -0.497 e. The summed E-state index contributed by atoms with van der Waals surface area (Å²) in [6.07, 6.45) is 0. The van der Waals surface area contributed by atoms with Crippen LogP contribution >= 0.6 is 12.2 Å². The van der Waals surface area contributed by atoms with Crippen molar-refractivity contribution in [2.45, 2.75) is 13.0 Å². The summed E-state index contributed by atoms with van der Waals surface area (Å²) in [4.78, 5) is 0. The average molecular weight is 322 g/mol. The Labute approximate surface area is 133 Å². The Bertz CT molecular complexity index is 662. The van der Waals surface area contributed by atoms with Crippen molar-refractivity contribution < 1.29 is 13.5 Å². The van der Waals surface area contributed by atoms with E-state index in [1.807, 2.05) is 31.2 Å². The maximum Gasteiger partial charge on any atom is 0.171 e. The molecule has 1 atom stereocenters. The molecule has 0 radical (unpaired) electrons. The van der Waals surface area contributed by atoms with Crippen LogP contribution in [0.5, 0.6) is 5.75 Å². The van der Waals surface area contributed by atoms with Gasteiger partial charge in [0.15, 0.2) is 5.11 Å². The minimum absolute atomic E-state index is 0.0746. The molecule has 0 aliphatic carbocycles. The van der Waals surface area contributed by atoms with Crippen LogP contribution in [0.15, 0.2) is 42.5 Å². The van der Waals surface area contributed by atoms with E-state index in [-0.39, 0.29) is 16.8 Å². The van der Waals surface area contributed by atoms with Gasteiger partial charge in [0.2, 0.25) is 0 Å². The highest BCUT2D eigenvalue weighted by molar-refractivity contribution is 7.80. The molecule has 0 spiro atoms. The Morgan fingerprint density at radius 3 is 2.41 bits per heavy atom. The molecule has 2 aromatic rings. The third-order valence-corrected chi connectivity index (χ3v) is 3.36. The van der Waals surface area contributed by atoms with Crippen molar-refractivity contribution in [1.82, 2.24) is 5.32 Å². The van der Waals surface area contributed by atoms with E-state index < -0.39 is 11.6 Å². The van der Waals surface area contributed by atoms with Crippen molar-refractivity contribution in [3.05, 3.63) is 59.7 Å². The second-order valence-electron chi connectivity index (χ2n) is 4.72. The van der Waals surface area contributed by atoms with Gasteiger partial charge in [-0.1, -0.05) is 12.1 Å². The van der Waals surface area contributed by atoms with Gasteiger partial charge >= 0.3 is 0 Å². The van der Waals surface area contributed by atoms with Crippen molar-refractivity contribution in [3.63, 3.8) is 0 Å². The number of halogens is 2. The second-order valence-corrected chi connectivity index (χ2v) is 5.13. The third-order valence-electron chi connectivity index (χ3n) is 3.14. The molecular weight excluding hydrogens is 306 g/mol. The monoisotopic (exact) mass is 322 g/mol. The van der Waals surface area contributed by atoms with Crippen molar-refractivity contribution in [3.8, 4) is 5.75 Å².